The molecular formula is C8H10O4S. The average Bonchev–Trinajstić information content (AvgIpc) is 2.07. The second kappa shape index (κ2) is 4.13. The lowest BCUT2D eigenvalue weighted by molar-refractivity contribution is 0.373. The minimum atomic E-state index is -2.44. The fourth-order valence-corrected chi connectivity index (χ4v) is 1.46. The minimum Gasteiger partial charge on any atom is -0.504 e. The van der Waals surface area contributed by atoms with Crippen molar-refractivity contribution in [2.75, 3.05) is 7.11 Å². The summed E-state index contributed by atoms with van der Waals surface area (Å²) in [6.07, 6.45) is 0. The summed E-state index contributed by atoms with van der Waals surface area (Å²) in [6, 6.07) is 4.45. The predicted octanol–water partition coefficient (Wildman–Crippen LogP) is 0.512. The van der Waals surface area contributed by atoms with Gasteiger partial charge in [-0.05, 0) is 17.7 Å². The number of hydrogen-bond acceptors (Lipinski definition) is 4. The Balaban J connectivity index is 2.99. The lowest BCUT2D eigenvalue weighted by Crippen LogP contribution is -1.89. The molecule has 1 aromatic carbocycles. The van der Waals surface area contributed by atoms with Gasteiger partial charge in [0.25, 0.3) is 0 Å². The molecule has 13 heavy (non-hydrogen) atoms. The second-order valence-electron chi connectivity index (χ2n) is 2.50. The van der Waals surface area contributed by atoms with Crippen LogP contribution in [-0.4, -0.2) is 20.6 Å². The first-order valence-electron chi connectivity index (χ1n) is 3.61. The number of phenolic OH excluding ortho intramolecular Hbond substituents is 1. The summed E-state index contributed by atoms with van der Waals surface area (Å²) in [5.74, 6) is 0.258. The Labute approximate surface area is 77.7 Å². The molecule has 1 rings (SSSR count). The van der Waals surface area contributed by atoms with Crippen LogP contribution in [0.1, 0.15) is 5.56 Å². The van der Waals surface area contributed by atoms with Crippen molar-refractivity contribution < 1.29 is 18.3 Å². The first kappa shape index (κ1) is 9.85. The molecule has 0 aliphatic heterocycles. The summed E-state index contributed by atoms with van der Waals surface area (Å²) in [5.41, 5.74) is 0.603. The molecular weight excluding hydrogens is 192 g/mol. The van der Waals surface area contributed by atoms with Gasteiger partial charge in [0.2, 0.25) is 0 Å². The smallest absolute Gasteiger partial charge is 0.160 e. The molecule has 5 heteroatoms. The van der Waals surface area contributed by atoms with E-state index in [9.17, 15) is 13.5 Å². The van der Waals surface area contributed by atoms with Crippen LogP contribution in [0.15, 0.2) is 18.2 Å². The molecule has 0 bridgehead atoms. The molecule has 0 aromatic heterocycles. The van der Waals surface area contributed by atoms with Gasteiger partial charge in [0.1, 0.15) is 10.7 Å². The third kappa shape index (κ3) is 2.62. The molecule has 0 aliphatic carbocycles. The Morgan fingerprint density at radius 1 is 1.46 bits per heavy atom. The predicted molar refractivity (Wildman–Crippen MR) is 48.7 cm³/mol. The average molecular weight is 202 g/mol. The number of aromatic hydroxyl groups is 1. The monoisotopic (exact) mass is 202 g/mol. The van der Waals surface area contributed by atoms with Gasteiger partial charge in [-0.15, -0.1) is 0 Å². The minimum absolute atomic E-state index is 0.00683. The zero-order valence-corrected chi connectivity index (χ0v) is 7.95. The summed E-state index contributed by atoms with van der Waals surface area (Å²) in [5, 5.41) is 9.19. The van der Waals surface area contributed by atoms with Crippen molar-refractivity contribution >= 4 is 10.7 Å². The summed E-state index contributed by atoms with van der Waals surface area (Å²) in [6.45, 7) is 0. The highest BCUT2D eigenvalue weighted by molar-refractivity contribution is 7.71. The van der Waals surface area contributed by atoms with Gasteiger partial charge in [-0.1, -0.05) is 6.07 Å². The highest BCUT2D eigenvalue weighted by atomic mass is 32.2. The van der Waals surface area contributed by atoms with Crippen LogP contribution in [0.5, 0.6) is 11.5 Å². The van der Waals surface area contributed by atoms with E-state index in [1.54, 1.807) is 6.07 Å². The van der Waals surface area contributed by atoms with E-state index >= 15 is 0 Å². The van der Waals surface area contributed by atoms with Crippen molar-refractivity contribution in [1.82, 2.24) is 0 Å². The zero-order valence-electron chi connectivity index (χ0n) is 7.06. The van der Waals surface area contributed by atoms with Crippen molar-refractivity contribution in [2.24, 2.45) is 0 Å². The lowest BCUT2D eigenvalue weighted by Gasteiger charge is -2.03. The molecule has 0 unspecified atom stereocenters. The molecule has 0 saturated carbocycles. The van der Waals surface area contributed by atoms with Gasteiger partial charge in [0, 0.05) is 0 Å². The van der Waals surface area contributed by atoms with E-state index < -0.39 is 10.7 Å². The molecule has 0 atom stereocenters. The van der Waals surface area contributed by atoms with Crippen molar-refractivity contribution in [2.45, 2.75) is 5.75 Å². The Bertz CT molecular complexity index is 362. The molecule has 72 valence electrons. The van der Waals surface area contributed by atoms with E-state index in [1.807, 2.05) is 0 Å². The van der Waals surface area contributed by atoms with Crippen LogP contribution in [-0.2, 0) is 16.5 Å². The number of hydrogen-bond donors (Lipinski definition) is 2. The van der Waals surface area contributed by atoms with Gasteiger partial charge in [0.15, 0.2) is 11.5 Å². The van der Waals surface area contributed by atoms with Crippen molar-refractivity contribution in [3.63, 3.8) is 0 Å². The van der Waals surface area contributed by atoms with Gasteiger partial charge >= 0.3 is 0 Å². The normalized spacial score (nSPS) is 10.3. The summed E-state index contributed by atoms with van der Waals surface area (Å²) >= 11 is 0. The van der Waals surface area contributed by atoms with Crippen LogP contribution in [0.2, 0.25) is 0 Å². The largest absolute Gasteiger partial charge is 0.504 e. The van der Waals surface area contributed by atoms with E-state index in [-0.39, 0.29) is 17.3 Å². The summed E-state index contributed by atoms with van der Waals surface area (Å²) in [7, 11) is -1.03. The Morgan fingerprint density at radius 3 is 2.69 bits per heavy atom. The molecule has 0 saturated heterocycles. The summed E-state index contributed by atoms with van der Waals surface area (Å²) < 4.78 is 25.6. The van der Waals surface area contributed by atoms with Gasteiger partial charge < -0.3 is 9.84 Å². The number of methoxy groups -OCH3 is 1. The maximum Gasteiger partial charge on any atom is 0.160 e. The third-order valence-electron chi connectivity index (χ3n) is 1.56. The molecule has 0 aliphatic rings. The van der Waals surface area contributed by atoms with Gasteiger partial charge in [-0.2, -0.15) is 0 Å². The lowest BCUT2D eigenvalue weighted by atomic mass is 10.2. The Morgan fingerprint density at radius 2 is 2.15 bits per heavy atom. The molecule has 1 aromatic rings. The van der Waals surface area contributed by atoms with Crippen molar-refractivity contribution in [3.8, 4) is 11.5 Å². The molecule has 0 amide bonds. The first-order chi connectivity index (χ1) is 6.13. The second-order valence-corrected chi connectivity index (χ2v) is 3.48. The number of thiol groups is 1. The molecule has 0 spiro atoms. The molecule has 1 N–H and O–H groups in total. The first-order valence-corrected chi connectivity index (χ1v) is 4.97. The van der Waals surface area contributed by atoms with Gasteiger partial charge in [-0.25, -0.2) is 8.42 Å². The fraction of sp³-hybridized carbons (Fsp3) is 0.250. The topological polar surface area (TPSA) is 63.6 Å². The van der Waals surface area contributed by atoms with Crippen molar-refractivity contribution in [1.29, 1.82) is 0 Å². The van der Waals surface area contributed by atoms with Gasteiger partial charge in [0.05, 0.1) is 12.9 Å². The van der Waals surface area contributed by atoms with Crippen LogP contribution < -0.4 is 4.74 Å². The Hall–Kier alpha value is -1.23. The van der Waals surface area contributed by atoms with E-state index in [1.165, 1.54) is 19.2 Å². The number of phenols is 1. The van der Waals surface area contributed by atoms with Crippen LogP contribution in [0.3, 0.4) is 0 Å². The fourth-order valence-electron chi connectivity index (χ4n) is 0.969. The van der Waals surface area contributed by atoms with Crippen LogP contribution in [0.25, 0.3) is 0 Å². The maximum absolute atomic E-state index is 10.4. The van der Waals surface area contributed by atoms with Crippen LogP contribution in [0, 0.1) is 0 Å². The molecule has 0 radical (unpaired) electrons. The molecule has 4 nitrogen and oxygen atoms in total. The van der Waals surface area contributed by atoms with Gasteiger partial charge in [-0.3, -0.25) is 0 Å². The van der Waals surface area contributed by atoms with E-state index in [2.05, 4.69) is 0 Å². The maximum atomic E-state index is 10.4. The van der Waals surface area contributed by atoms with E-state index in [0.717, 1.165) is 0 Å². The zero-order chi connectivity index (χ0) is 9.84. The van der Waals surface area contributed by atoms with Crippen molar-refractivity contribution in [3.05, 3.63) is 23.8 Å². The molecule has 0 fully saturated rings. The quantitative estimate of drug-likeness (QED) is 0.701. The van der Waals surface area contributed by atoms with E-state index in [4.69, 9.17) is 4.74 Å². The molecule has 0 heterocycles. The highest BCUT2D eigenvalue weighted by Gasteiger charge is 2.02. The number of ether oxygens (including phenoxy) is 1. The van der Waals surface area contributed by atoms with E-state index in [0.29, 0.717) is 5.56 Å². The summed E-state index contributed by atoms with van der Waals surface area (Å²) in [4.78, 5) is 0. The highest BCUT2D eigenvalue weighted by Crippen LogP contribution is 2.26. The number of rotatable bonds is 3. The standard InChI is InChI=1S/C8H10O4S/c1-12-8-4-6(5-13(10)11)2-3-7(8)9/h2-4,9,13H,5H2,1H3. The number of benzene rings is 1. The van der Waals surface area contributed by atoms with Crippen LogP contribution in [0.4, 0.5) is 0 Å². The Kier molecular flexibility index (Phi) is 3.13. The SMILES string of the molecule is COc1cc(C[SH](=O)=O)ccc1O. The van der Waals surface area contributed by atoms with Crippen LogP contribution >= 0.6 is 0 Å². The third-order valence-corrected chi connectivity index (χ3v) is 2.18.